The summed E-state index contributed by atoms with van der Waals surface area (Å²) in [5, 5.41) is 7.26. The fraction of sp³-hybridized carbons (Fsp3) is 0.400. The van der Waals surface area contributed by atoms with E-state index in [4.69, 9.17) is 10.5 Å². The number of hydrogen-bond acceptors (Lipinski definition) is 3. The summed E-state index contributed by atoms with van der Waals surface area (Å²) in [6.07, 6.45) is 0.997. The monoisotopic (exact) mass is 259 g/mol. The van der Waals surface area contributed by atoms with Gasteiger partial charge in [-0.1, -0.05) is 39.0 Å². The Morgan fingerprint density at radius 2 is 2.00 bits per heavy atom. The van der Waals surface area contributed by atoms with E-state index in [2.05, 4.69) is 31.0 Å². The van der Waals surface area contributed by atoms with Gasteiger partial charge in [-0.15, -0.1) is 0 Å². The summed E-state index contributed by atoms with van der Waals surface area (Å²) in [6.45, 7) is 6.51. The number of aromatic amines is 1. The molecule has 0 saturated heterocycles. The van der Waals surface area contributed by atoms with Crippen LogP contribution in [-0.4, -0.2) is 17.3 Å². The van der Waals surface area contributed by atoms with Crippen LogP contribution in [0.4, 0.5) is 5.82 Å². The number of ether oxygens (including phenoxy) is 1. The van der Waals surface area contributed by atoms with Gasteiger partial charge in [0.1, 0.15) is 5.75 Å². The molecule has 0 spiro atoms. The minimum atomic E-state index is -0.0131. The molecular formula is C15H21N3O. The lowest BCUT2D eigenvalue weighted by Gasteiger charge is -2.23. The summed E-state index contributed by atoms with van der Waals surface area (Å²) in [4.78, 5) is 0. The van der Waals surface area contributed by atoms with Gasteiger partial charge in [-0.2, -0.15) is 5.10 Å². The van der Waals surface area contributed by atoms with Gasteiger partial charge in [-0.3, -0.25) is 5.10 Å². The van der Waals surface area contributed by atoms with Gasteiger partial charge in [0.25, 0.3) is 0 Å². The average molecular weight is 259 g/mol. The van der Waals surface area contributed by atoms with E-state index in [1.54, 1.807) is 7.11 Å². The molecule has 0 amide bonds. The zero-order valence-electron chi connectivity index (χ0n) is 11.9. The Morgan fingerprint density at radius 3 is 2.63 bits per heavy atom. The van der Waals surface area contributed by atoms with E-state index in [0.29, 0.717) is 5.82 Å². The van der Waals surface area contributed by atoms with E-state index in [0.717, 1.165) is 29.0 Å². The van der Waals surface area contributed by atoms with E-state index in [-0.39, 0.29) is 5.41 Å². The number of hydrogen-bond donors (Lipinski definition) is 2. The van der Waals surface area contributed by atoms with Crippen molar-refractivity contribution in [2.75, 3.05) is 12.8 Å². The lowest BCUT2D eigenvalue weighted by molar-refractivity contribution is 0.416. The number of para-hydroxylation sites is 1. The Hall–Kier alpha value is -1.97. The van der Waals surface area contributed by atoms with Crippen molar-refractivity contribution in [2.24, 2.45) is 0 Å². The summed E-state index contributed by atoms with van der Waals surface area (Å²) >= 11 is 0. The molecule has 19 heavy (non-hydrogen) atoms. The van der Waals surface area contributed by atoms with E-state index in [9.17, 15) is 0 Å². The molecular weight excluding hydrogens is 238 g/mol. The van der Waals surface area contributed by atoms with E-state index in [1.807, 2.05) is 24.3 Å². The number of rotatable bonds is 4. The van der Waals surface area contributed by atoms with Gasteiger partial charge in [-0.05, 0) is 12.5 Å². The molecule has 4 nitrogen and oxygen atoms in total. The molecule has 0 aliphatic carbocycles. The molecule has 1 heterocycles. The highest BCUT2D eigenvalue weighted by molar-refractivity contribution is 5.81. The SMILES string of the molecule is CCC(C)(C)c1[nH]nc(N)c1-c1ccccc1OC. The van der Waals surface area contributed by atoms with Crippen molar-refractivity contribution in [3.63, 3.8) is 0 Å². The first-order chi connectivity index (χ1) is 9.01. The van der Waals surface area contributed by atoms with Crippen molar-refractivity contribution < 1.29 is 4.74 Å². The van der Waals surface area contributed by atoms with Crippen LogP contribution < -0.4 is 10.5 Å². The zero-order chi connectivity index (χ0) is 14.0. The summed E-state index contributed by atoms with van der Waals surface area (Å²) < 4.78 is 5.43. The molecule has 2 aromatic rings. The van der Waals surface area contributed by atoms with Crippen LogP contribution in [0.25, 0.3) is 11.1 Å². The first-order valence-electron chi connectivity index (χ1n) is 6.49. The van der Waals surface area contributed by atoms with Crippen LogP contribution >= 0.6 is 0 Å². The van der Waals surface area contributed by atoms with Gasteiger partial charge in [0, 0.05) is 11.0 Å². The predicted molar refractivity (Wildman–Crippen MR) is 78.3 cm³/mol. The number of H-pyrrole nitrogens is 1. The highest BCUT2D eigenvalue weighted by Crippen LogP contribution is 2.40. The number of aromatic nitrogens is 2. The molecule has 1 aromatic carbocycles. The minimum Gasteiger partial charge on any atom is -0.496 e. The number of nitrogens with two attached hydrogens (primary N) is 1. The van der Waals surface area contributed by atoms with Crippen LogP contribution in [0.15, 0.2) is 24.3 Å². The molecule has 0 aliphatic rings. The van der Waals surface area contributed by atoms with Gasteiger partial charge in [0.2, 0.25) is 0 Å². The maximum absolute atomic E-state index is 6.05. The van der Waals surface area contributed by atoms with Crippen LogP contribution in [0.5, 0.6) is 5.75 Å². The summed E-state index contributed by atoms with van der Waals surface area (Å²) in [5.74, 6) is 1.32. The largest absolute Gasteiger partial charge is 0.496 e. The van der Waals surface area contributed by atoms with Crippen molar-refractivity contribution in [1.29, 1.82) is 0 Å². The highest BCUT2D eigenvalue weighted by atomic mass is 16.5. The lowest BCUT2D eigenvalue weighted by atomic mass is 9.82. The molecule has 0 fully saturated rings. The van der Waals surface area contributed by atoms with Crippen LogP contribution in [0.3, 0.4) is 0 Å². The Bertz CT molecular complexity index is 573. The van der Waals surface area contributed by atoms with Gasteiger partial charge in [-0.25, -0.2) is 0 Å². The first kappa shape index (κ1) is 13.5. The summed E-state index contributed by atoms with van der Waals surface area (Å²) in [6, 6.07) is 7.87. The zero-order valence-corrected chi connectivity index (χ0v) is 11.9. The minimum absolute atomic E-state index is 0.0131. The van der Waals surface area contributed by atoms with Crippen molar-refractivity contribution in [3.05, 3.63) is 30.0 Å². The third-order valence-corrected chi connectivity index (χ3v) is 3.73. The van der Waals surface area contributed by atoms with E-state index in [1.165, 1.54) is 0 Å². The topological polar surface area (TPSA) is 63.9 Å². The third kappa shape index (κ3) is 2.30. The fourth-order valence-electron chi connectivity index (χ4n) is 2.15. The number of anilines is 1. The smallest absolute Gasteiger partial charge is 0.153 e. The Morgan fingerprint density at radius 1 is 1.32 bits per heavy atom. The van der Waals surface area contributed by atoms with Crippen LogP contribution in [0, 0.1) is 0 Å². The molecule has 0 aliphatic heterocycles. The van der Waals surface area contributed by atoms with Crippen LogP contribution in [-0.2, 0) is 5.41 Å². The normalized spacial score (nSPS) is 11.6. The third-order valence-electron chi connectivity index (χ3n) is 3.73. The number of benzene rings is 1. The van der Waals surface area contributed by atoms with Crippen LogP contribution in [0.1, 0.15) is 32.9 Å². The van der Waals surface area contributed by atoms with Gasteiger partial charge < -0.3 is 10.5 Å². The second-order valence-corrected chi connectivity index (χ2v) is 5.30. The molecule has 0 saturated carbocycles. The van der Waals surface area contributed by atoms with E-state index < -0.39 is 0 Å². The Balaban J connectivity index is 2.66. The molecule has 0 bridgehead atoms. The average Bonchev–Trinajstić information content (AvgIpc) is 2.81. The number of nitrogen functional groups attached to an aromatic ring is 1. The fourth-order valence-corrected chi connectivity index (χ4v) is 2.15. The standard InChI is InChI=1S/C15H21N3O/c1-5-15(2,3)13-12(14(16)18-17-13)10-8-6-7-9-11(10)19-4/h6-9H,5H2,1-4H3,(H3,16,17,18). The second-order valence-electron chi connectivity index (χ2n) is 5.30. The van der Waals surface area contributed by atoms with Crippen LogP contribution in [0.2, 0.25) is 0 Å². The molecule has 1 aromatic heterocycles. The number of methoxy groups -OCH3 is 1. The maximum Gasteiger partial charge on any atom is 0.153 e. The maximum atomic E-state index is 6.05. The lowest BCUT2D eigenvalue weighted by Crippen LogP contribution is -2.17. The molecule has 0 radical (unpaired) electrons. The van der Waals surface area contributed by atoms with Gasteiger partial charge >= 0.3 is 0 Å². The van der Waals surface area contributed by atoms with Crippen molar-refractivity contribution in [2.45, 2.75) is 32.6 Å². The van der Waals surface area contributed by atoms with Crippen molar-refractivity contribution in [3.8, 4) is 16.9 Å². The molecule has 2 rings (SSSR count). The van der Waals surface area contributed by atoms with E-state index >= 15 is 0 Å². The first-order valence-corrected chi connectivity index (χ1v) is 6.49. The highest BCUT2D eigenvalue weighted by Gasteiger charge is 2.27. The summed E-state index contributed by atoms with van der Waals surface area (Å²) in [7, 11) is 1.67. The molecule has 4 heteroatoms. The Labute approximate surface area is 114 Å². The van der Waals surface area contributed by atoms with Crippen molar-refractivity contribution >= 4 is 5.82 Å². The quantitative estimate of drug-likeness (QED) is 0.885. The Kier molecular flexibility index (Phi) is 3.51. The van der Waals surface area contributed by atoms with Crippen molar-refractivity contribution in [1.82, 2.24) is 10.2 Å². The predicted octanol–water partition coefficient (Wildman–Crippen LogP) is 3.36. The summed E-state index contributed by atoms with van der Waals surface area (Å²) in [5.41, 5.74) is 9.02. The number of nitrogens with zero attached hydrogens (tertiary/aromatic N) is 1. The molecule has 0 unspecified atom stereocenters. The second kappa shape index (κ2) is 4.96. The number of nitrogens with one attached hydrogen (secondary N) is 1. The molecule has 3 N–H and O–H groups in total. The van der Waals surface area contributed by atoms with Gasteiger partial charge in [0.15, 0.2) is 5.82 Å². The molecule has 0 atom stereocenters. The molecule has 102 valence electrons. The van der Waals surface area contributed by atoms with Gasteiger partial charge in [0.05, 0.1) is 18.4 Å².